The fraction of sp³-hybridized carbons (Fsp3) is 0.429. The summed E-state index contributed by atoms with van der Waals surface area (Å²) in [4.78, 5) is 28.2. The van der Waals surface area contributed by atoms with Gasteiger partial charge < -0.3 is 15.0 Å². The van der Waals surface area contributed by atoms with Crippen molar-refractivity contribution in [1.82, 2.24) is 20.3 Å². The lowest BCUT2D eigenvalue weighted by Crippen LogP contribution is -2.24. The Kier molecular flexibility index (Phi) is 7.01. The summed E-state index contributed by atoms with van der Waals surface area (Å²) in [6, 6.07) is 7.68. The molecular weight excluding hydrogens is 418 g/mol. The van der Waals surface area contributed by atoms with Crippen molar-refractivity contribution in [2.75, 3.05) is 30.9 Å². The summed E-state index contributed by atoms with van der Waals surface area (Å²) in [6.07, 6.45) is 6.51. The van der Waals surface area contributed by atoms with E-state index in [1.807, 2.05) is 24.3 Å². The third kappa shape index (κ3) is 5.20. The number of ether oxygens (including phenoxy) is 1. The molecule has 0 aliphatic carbocycles. The van der Waals surface area contributed by atoms with Gasteiger partial charge in [0.25, 0.3) is 0 Å². The van der Waals surface area contributed by atoms with Crippen molar-refractivity contribution >= 4 is 44.5 Å². The summed E-state index contributed by atoms with van der Waals surface area (Å²) in [6.45, 7) is 2.56. The van der Waals surface area contributed by atoms with Crippen LogP contribution < -0.4 is 15.0 Å². The van der Waals surface area contributed by atoms with E-state index in [1.165, 1.54) is 43.8 Å². The minimum absolute atomic E-state index is 0.0353. The summed E-state index contributed by atoms with van der Waals surface area (Å²) in [5.41, 5.74) is 1.72. The Labute approximate surface area is 184 Å². The lowest BCUT2D eigenvalue weighted by atomic mass is 10.2. The highest BCUT2D eigenvalue weighted by Gasteiger charge is 2.17. The van der Waals surface area contributed by atoms with Gasteiger partial charge in [-0.1, -0.05) is 48.1 Å². The molecule has 0 spiro atoms. The molecule has 9 heteroatoms. The third-order valence-electron chi connectivity index (χ3n) is 4.99. The number of thioether (sulfide) groups is 1. The predicted molar refractivity (Wildman–Crippen MR) is 121 cm³/mol. The van der Waals surface area contributed by atoms with Gasteiger partial charge in [0.15, 0.2) is 10.8 Å². The lowest BCUT2D eigenvalue weighted by Gasteiger charge is -2.18. The average Bonchev–Trinajstić information content (AvgIpc) is 3.03. The smallest absolute Gasteiger partial charge is 0.230 e. The summed E-state index contributed by atoms with van der Waals surface area (Å²) in [5, 5.41) is 4.78. The SMILES string of the molecule is COc1cccc(CNC(=O)CSc2ncnc3nc(N4CCCCCC4)sc23)c1. The van der Waals surface area contributed by atoms with E-state index < -0.39 is 0 Å². The fourth-order valence-electron chi connectivity index (χ4n) is 3.39. The molecule has 0 bridgehead atoms. The molecule has 0 saturated carbocycles. The van der Waals surface area contributed by atoms with Crippen LogP contribution in [0, 0.1) is 0 Å². The van der Waals surface area contributed by atoms with Gasteiger partial charge >= 0.3 is 0 Å². The number of aromatic nitrogens is 3. The number of carbonyl (C=O) groups excluding carboxylic acids is 1. The quantitative estimate of drug-likeness (QED) is 0.438. The number of rotatable bonds is 7. The van der Waals surface area contributed by atoms with Crippen LogP contribution in [0.5, 0.6) is 5.75 Å². The number of methoxy groups -OCH3 is 1. The van der Waals surface area contributed by atoms with E-state index in [4.69, 9.17) is 9.72 Å². The number of thiazole rings is 1. The molecule has 0 unspecified atom stereocenters. The highest BCUT2D eigenvalue weighted by atomic mass is 32.2. The summed E-state index contributed by atoms with van der Waals surface area (Å²) >= 11 is 3.06. The first-order valence-electron chi connectivity index (χ1n) is 10.1. The molecule has 4 rings (SSSR count). The molecule has 0 radical (unpaired) electrons. The van der Waals surface area contributed by atoms with Gasteiger partial charge in [0.05, 0.1) is 12.9 Å². The molecule has 1 fully saturated rings. The molecule has 2 aromatic heterocycles. The zero-order chi connectivity index (χ0) is 20.8. The van der Waals surface area contributed by atoms with E-state index in [-0.39, 0.29) is 5.91 Å². The van der Waals surface area contributed by atoms with E-state index in [2.05, 4.69) is 20.2 Å². The minimum atomic E-state index is -0.0353. The Morgan fingerprint density at radius 2 is 2.07 bits per heavy atom. The van der Waals surface area contributed by atoms with Crippen molar-refractivity contribution in [1.29, 1.82) is 0 Å². The van der Waals surface area contributed by atoms with E-state index in [0.29, 0.717) is 17.9 Å². The van der Waals surface area contributed by atoms with E-state index in [0.717, 1.165) is 39.3 Å². The minimum Gasteiger partial charge on any atom is -0.497 e. The Morgan fingerprint density at radius 1 is 1.23 bits per heavy atom. The summed E-state index contributed by atoms with van der Waals surface area (Å²) < 4.78 is 6.18. The first-order valence-corrected chi connectivity index (χ1v) is 11.9. The van der Waals surface area contributed by atoms with Crippen LogP contribution in [0.25, 0.3) is 10.3 Å². The van der Waals surface area contributed by atoms with Gasteiger partial charge in [-0.15, -0.1) is 0 Å². The van der Waals surface area contributed by atoms with Crippen LogP contribution in [0.15, 0.2) is 35.6 Å². The van der Waals surface area contributed by atoms with Gasteiger partial charge in [0.1, 0.15) is 21.8 Å². The Morgan fingerprint density at radius 3 is 2.87 bits per heavy atom. The first-order chi connectivity index (χ1) is 14.7. The highest BCUT2D eigenvalue weighted by molar-refractivity contribution is 8.00. The van der Waals surface area contributed by atoms with Crippen LogP contribution in [0.1, 0.15) is 31.2 Å². The molecule has 1 amide bonds. The Bertz CT molecular complexity index is 1000. The summed E-state index contributed by atoms with van der Waals surface area (Å²) in [5.74, 6) is 1.05. The molecule has 0 atom stereocenters. The first kappa shape index (κ1) is 20.9. The molecule has 1 aliphatic heterocycles. The number of nitrogens with one attached hydrogen (secondary N) is 1. The number of fused-ring (bicyclic) bond motifs is 1. The number of carbonyl (C=O) groups is 1. The van der Waals surface area contributed by atoms with E-state index in [9.17, 15) is 4.79 Å². The standard InChI is InChI=1S/C21H25N5O2S2/c1-28-16-8-6-7-15(11-16)12-22-17(27)13-29-20-18-19(23-14-24-20)25-21(30-18)26-9-4-2-3-5-10-26/h6-8,11,14H,2-5,9-10,12-13H2,1H3,(H,22,27). The number of nitrogens with zero attached hydrogens (tertiary/aromatic N) is 4. The van der Waals surface area contributed by atoms with Crippen LogP contribution >= 0.6 is 23.1 Å². The molecule has 1 N–H and O–H groups in total. The van der Waals surface area contributed by atoms with Crippen LogP contribution in [0.4, 0.5) is 5.13 Å². The maximum Gasteiger partial charge on any atom is 0.230 e. The zero-order valence-electron chi connectivity index (χ0n) is 17.0. The molecule has 3 aromatic rings. The van der Waals surface area contributed by atoms with Crippen LogP contribution in [-0.4, -0.2) is 46.8 Å². The fourth-order valence-corrected chi connectivity index (χ4v) is 5.36. The normalized spacial score (nSPS) is 14.5. The van der Waals surface area contributed by atoms with Crippen LogP contribution in [0.2, 0.25) is 0 Å². The number of hydrogen-bond acceptors (Lipinski definition) is 8. The van der Waals surface area contributed by atoms with Crippen molar-refractivity contribution in [3.63, 3.8) is 0 Å². The second-order valence-electron chi connectivity index (χ2n) is 7.15. The maximum atomic E-state index is 12.3. The molecular formula is C21H25N5O2S2. The molecule has 1 saturated heterocycles. The molecule has 1 aliphatic rings. The van der Waals surface area contributed by atoms with Gasteiger partial charge in [-0.25, -0.2) is 9.97 Å². The van der Waals surface area contributed by atoms with Gasteiger partial charge in [-0.05, 0) is 30.5 Å². The molecule has 7 nitrogen and oxygen atoms in total. The third-order valence-corrected chi connectivity index (χ3v) is 7.22. The van der Waals surface area contributed by atoms with Crippen molar-refractivity contribution in [3.05, 3.63) is 36.2 Å². The number of amides is 1. The second kappa shape index (κ2) is 10.1. The maximum absolute atomic E-state index is 12.3. The monoisotopic (exact) mass is 443 g/mol. The van der Waals surface area contributed by atoms with Crippen molar-refractivity contribution in [2.45, 2.75) is 37.3 Å². The largest absolute Gasteiger partial charge is 0.497 e. The number of benzene rings is 1. The predicted octanol–water partition coefficient (Wildman–Crippen LogP) is 3.88. The molecule has 158 valence electrons. The van der Waals surface area contributed by atoms with Gasteiger partial charge in [-0.2, -0.15) is 4.98 Å². The Balaban J connectivity index is 1.37. The van der Waals surface area contributed by atoms with Gasteiger partial charge in [0, 0.05) is 19.6 Å². The van der Waals surface area contributed by atoms with Crippen molar-refractivity contribution < 1.29 is 9.53 Å². The highest BCUT2D eigenvalue weighted by Crippen LogP contribution is 2.34. The summed E-state index contributed by atoms with van der Waals surface area (Å²) in [7, 11) is 1.63. The van der Waals surface area contributed by atoms with Crippen molar-refractivity contribution in [3.8, 4) is 5.75 Å². The number of hydrogen-bond donors (Lipinski definition) is 1. The van der Waals surface area contributed by atoms with Gasteiger partial charge in [0.2, 0.25) is 5.91 Å². The lowest BCUT2D eigenvalue weighted by molar-refractivity contribution is -0.118. The molecule has 30 heavy (non-hydrogen) atoms. The van der Waals surface area contributed by atoms with Gasteiger partial charge in [-0.3, -0.25) is 4.79 Å². The molecule has 3 heterocycles. The van der Waals surface area contributed by atoms with Crippen LogP contribution in [-0.2, 0) is 11.3 Å². The van der Waals surface area contributed by atoms with Crippen molar-refractivity contribution in [2.24, 2.45) is 0 Å². The average molecular weight is 444 g/mol. The molecule has 1 aromatic carbocycles. The Hall–Kier alpha value is -2.39. The van der Waals surface area contributed by atoms with E-state index in [1.54, 1.807) is 18.4 Å². The zero-order valence-corrected chi connectivity index (χ0v) is 18.6. The van der Waals surface area contributed by atoms with E-state index >= 15 is 0 Å². The van der Waals surface area contributed by atoms with Crippen LogP contribution in [0.3, 0.4) is 0 Å². The second-order valence-corrected chi connectivity index (χ2v) is 9.09. The topological polar surface area (TPSA) is 80.2 Å². The number of anilines is 1.